The summed E-state index contributed by atoms with van der Waals surface area (Å²) < 4.78 is 37.6. The molecule has 0 aliphatic carbocycles. The minimum atomic E-state index is -4.34. The average molecular weight is 349 g/mol. The lowest BCUT2D eigenvalue weighted by Crippen LogP contribution is -2.43. The fraction of sp³-hybridized carbons (Fsp3) is 0.562. The van der Waals surface area contributed by atoms with Gasteiger partial charge in [0.2, 0.25) is 5.91 Å². The molecular weight excluding hydrogens is 329 g/mol. The predicted molar refractivity (Wildman–Crippen MR) is 83.5 cm³/mol. The Hall–Kier alpha value is -1.27. The molecule has 7 heteroatoms. The average Bonchev–Trinajstić information content (AvgIpc) is 2.71. The molecule has 1 aromatic rings. The summed E-state index contributed by atoms with van der Waals surface area (Å²) >= 11 is 0. The maximum atomic E-state index is 12.5. The fourth-order valence-electron chi connectivity index (χ4n) is 3.47. The van der Waals surface area contributed by atoms with E-state index in [1.165, 1.54) is 12.1 Å². The first-order chi connectivity index (χ1) is 10.4. The topological polar surface area (TPSA) is 32.3 Å². The van der Waals surface area contributed by atoms with E-state index in [0.29, 0.717) is 5.56 Å². The molecule has 2 heterocycles. The van der Waals surface area contributed by atoms with E-state index < -0.39 is 11.7 Å². The smallest absolute Gasteiger partial charge is 0.335 e. The van der Waals surface area contributed by atoms with E-state index in [9.17, 15) is 18.0 Å². The molecule has 2 aliphatic rings. The number of carbonyl (C=O) groups is 1. The van der Waals surface area contributed by atoms with Crippen LogP contribution in [0.15, 0.2) is 24.3 Å². The van der Waals surface area contributed by atoms with Crippen molar-refractivity contribution in [3.05, 3.63) is 35.4 Å². The number of rotatable bonds is 2. The van der Waals surface area contributed by atoms with E-state index in [1.54, 1.807) is 0 Å². The number of benzene rings is 1. The summed E-state index contributed by atoms with van der Waals surface area (Å²) in [7, 11) is 0. The first kappa shape index (κ1) is 18.1. The van der Waals surface area contributed by atoms with E-state index in [2.05, 4.69) is 5.32 Å². The van der Waals surface area contributed by atoms with E-state index in [4.69, 9.17) is 0 Å². The largest absolute Gasteiger partial charge is 0.416 e. The van der Waals surface area contributed by atoms with Crippen LogP contribution in [0.5, 0.6) is 0 Å². The Morgan fingerprint density at radius 1 is 1.13 bits per heavy atom. The molecule has 3 rings (SSSR count). The number of halogens is 4. The molecule has 2 unspecified atom stereocenters. The van der Waals surface area contributed by atoms with Crippen molar-refractivity contribution in [2.24, 2.45) is 0 Å². The highest BCUT2D eigenvalue weighted by atomic mass is 35.5. The number of nitrogens with zero attached hydrogens (tertiary/aromatic N) is 1. The van der Waals surface area contributed by atoms with Crippen LogP contribution >= 0.6 is 12.4 Å². The van der Waals surface area contributed by atoms with Gasteiger partial charge in [0, 0.05) is 18.6 Å². The van der Waals surface area contributed by atoms with Gasteiger partial charge in [-0.1, -0.05) is 12.1 Å². The molecule has 2 saturated heterocycles. The summed E-state index contributed by atoms with van der Waals surface area (Å²) in [4.78, 5) is 14.5. The SMILES string of the molecule is Cl.O=C(Cc1ccc(C(F)(F)F)cc1)N1C2CCNCC1CC2. The van der Waals surface area contributed by atoms with Crippen LogP contribution in [-0.4, -0.2) is 36.0 Å². The highest BCUT2D eigenvalue weighted by Gasteiger charge is 2.37. The number of hydrogen-bond acceptors (Lipinski definition) is 2. The number of hydrogen-bond donors (Lipinski definition) is 1. The molecule has 0 spiro atoms. The Morgan fingerprint density at radius 3 is 2.43 bits per heavy atom. The number of fused-ring (bicyclic) bond motifs is 2. The van der Waals surface area contributed by atoms with Crippen LogP contribution in [0, 0.1) is 0 Å². The molecule has 2 atom stereocenters. The van der Waals surface area contributed by atoms with Gasteiger partial charge in [0.15, 0.2) is 0 Å². The molecule has 2 aliphatic heterocycles. The summed E-state index contributed by atoms with van der Waals surface area (Å²) in [6, 6.07) is 5.40. The number of nitrogens with one attached hydrogen (secondary N) is 1. The van der Waals surface area contributed by atoms with Gasteiger partial charge in [0.1, 0.15) is 0 Å². The third-order valence-electron chi connectivity index (χ3n) is 4.58. The first-order valence-corrected chi connectivity index (χ1v) is 7.63. The second-order valence-corrected chi connectivity index (χ2v) is 6.05. The maximum Gasteiger partial charge on any atom is 0.416 e. The van der Waals surface area contributed by atoms with Crippen LogP contribution in [0.4, 0.5) is 13.2 Å². The Balaban J connectivity index is 0.00000192. The van der Waals surface area contributed by atoms with Crippen molar-refractivity contribution in [1.82, 2.24) is 10.2 Å². The molecule has 1 aromatic carbocycles. The van der Waals surface area contributed by atoms with Crippen molar-refractivity contribution in [3.8, 4) is 0 Å². The van der Waals surface area contributed by atoms with Crippen LogP contribution in [-0.2, 0) is 17.4 Å². The summed E-state index contributed by atoms with van der Waals surface area (Å²) in [5, 5.41) is 3.33. The van der Waals surface area contributed by atoms with Gasteiger partial charge in [0.25, 0.3) is 0 Å². The van der Waals surface area contributed by atoms with Gasteiger partial charge >= 0.3 is 6.18 Å². The molecule has 1 amide bonds. The summed E-state index contributed by atoms with van der Waals surface area (Å²) in [6.07, 6.45) is -1.17. The second kappa shape index (κ2) is 7.09. The third kappa shape index (κ3) is 3.98. The fourth-order valence-corrected chi connectivity index (χ4v) is 3.47. The standard InChI is InChI=1S/C16H19F3N2O.ClH/c17-16(18,19)12-3-1-11(2-4-12)9-15(22)21-13-5-6-14(21)10-20-8-7-13;/h1-4,13-14,20H,5-10H2;1H. The number of carbonyl (C=O) groups excluding carboxylic acids is 1. The molecule has 0 saturated carbocycles. The minimum absolute atomic E-state index is 0. The van der Waals surface area contributed by atoms with Crippen molar-refractivity contribution in [3.63, 3.8) is 0 Å². The molecule has 1 N–H and O–H groups in total. The highest BCUT2D eigenvalue weighted by molar-refractivity contribution is 5.85. The zero-order valence-electron chi connectivity index (χ0n) is 12.6. The quantitative estimate of drug-likeness (QED) is 0.891. The molecule has 0 radical (unpaired) electrons. The predicted octanol–water partition coefficient (Wildman–Crippen LogP) is 3.02. The van der Waals surface area contributed by atoms with Crippen LogP contribution in [0.25, 0.3) is 0 Å². The van der Waals surface area contributed by atoms with Crippen molar-refractivity contribution in [2.45, 2.75) is 43.9 Å². The van der Waals surface area contributed by atoms with Crippen LogP contribution in [0.1, 0.15) is 30.4 Å². The van der Waals surface area contributed by atoms with Crippen molar-refractivity contribution >= 4 is 18.3 Å². The highest BCUT2D eigenvalue weighted by Crippen LogP contribution is 2.30. The van der Waals surface area contributed by atoms with Gasteiger partial charge in [-0.25, -0.2) is 0 Å². The van der Waals surface area contributed by atoms with Gasteiger partial charge in [-0.15, -0.1) is 12.4 Å². The Morgan fingerprint density at radius 2 is 1.78 bits per heavy atom. The zero-order valence-corrected chi connectivity index (χ0v) is 13.4. The Bertz CT molecular complexity index is 533. The molecular formula is C16H20ClF3N2O. The minimum Gasteiger partial charge on any atom is -0.335 e. The van der Waals surface area contributed by atoms with Gasteiger partial charge in [0.05, 0.1) is 12.0 Å². The molecule has 2 fully saturated rings. The molecule has 3 nitrogen and oxygen atoms in total. The normalized spacial score (nSPS) is 24.0. The van der Waals surface area contributed by atoms with Gasteiger partial charge < -0.3 is 10.2 Å². The van der Waals surface area contributed by atoms with E-state index >= 15 is 0 Å². The molecule has 0 aromatic heterocycles. The van der Waals surface area contributed by atoms with Crippen LogP contribution in [0.2, 0.25) is 0 Å². The summed E-state index contributed by atoms with van der Waals surface area (Å²) in [5.41, 5.74) is -0.0441. The molecule has 23 heavy (non-hydrogen) atoms. The van der Waals surface area contributed by atoms with Crippen molar-refractivity contribution in [1.29, 1.82) is 0 Å². The monoisotopic (exact) mass is 348 g/mol. The zero-order chi connectivity index (χ0) is 15.7. The van der Waals surface area contributed by atoms with Crippen molar-refractivity contribution in [2.75, 3.05) is 13.1 Å². The Labute approximate surface area is 139 Å². The third-order valence-corrected chi connectivity index (χ3v) is 4.58. The lowest BCUT2D eigenvalue weighted by molar-refractivity contribution is -0.137. The van der Waals surface area contributed by atoms with E-state index in [1.807, 2.05) is 4.90 Å². The van der Waals surface area contributed by atoms with Crippen LogP contribution < -0.4 is 5.32 Å². The lowest BCUT2D eigenvalue weighted by Gasteiger charge is -2.28. The maximum absolute atomic E-state index is 12.5. The lowest BCUT2D eigenvalue weighted by atomic mass is 10.1. The number of amides is 1. The Kier molecular flexibility index (Phi) is 5.57. The van der Waals surface area contributed by atoms with E-state index in [-0.39, 0.29) is 36.8 Å². The second-order valence-electron chi connectivity index (χ2n) is 6.05. The first-order valence-electron chi connectivity index (χ1n) is 7.63. The van der Waals surface area contributed by atoms with Gasteiger partial charge in [-0.3, -0.25) is 4.79 Å². The summed E-state index contributed by atoms with van der Waals surface area (Å²) in [6.45, 7) is 1.74. The molecule has 2 bridgehead atoms. The molecule has 128 valence electrons. The van der Waals surface area contributed by atoms with Gasteiger partial charge in [-0.05, 0) is 43.5 Å². The number of alkyl halides is 3. The van der Waals surface area contributed by atoms with E-state index in [0.717, 1.165) is 44.5 Å². The van der Waals surface area contributed by atoms with Crippen molar-refractivity contribution < 1.29 is 18.0 Å². The van der Waals surface area contributed by atoms with Crippen LogP contribution in [0.3, 0.4) is 0 Å². The summed E-state index contributed by atoms with van der Waals surface area (Å²) in [5.74, 6) is 0.0240. The van der Waals surface area contributed by atoms with Gasteiger partial charge in [-0.2, -0.15) is 13.2 Å².